The summed E-state index contributed by atoms with van der Waals surface area (Å²) in [6, 6.07) is 9.78. The van der Waals surface area contributed by atoms with Gasteiger partial charge in [-0.1, -0.05) is 12.1 Å². The first-order chi connectivity index (χ1) is 18.1. The number of hydrogen-bond acceptors (Lipinski definition) is 6. The zero-order chi connectivity index (χ0) is 26.9. The molecule has 0 fully saturated rings. The van der Waals surface area contributed by atoms with Gasteiger partial charge in [-0.2, -0.15) is 26.3 Å². The highest BCUT2D eigenvalue weighted by molar-refractivity contribution is 5.87. The summed E-state index contributed by atoms with van der Waals surface area (Å²) in [4.78, 5) is 19.3. The van der Waals surface area contributed by atoms with E-state index in [9.17, 15) is 26.3 Å². The first-order valence-corrected chi connectivity index (χ1v) is 11.9. The van der Waals surface area contributed by atoms with Crippen LogP contribution in [-0.2, 0) is 19.0 Å². The maximum absolute atomic E-state index is 13.7. The topological polar surface area (TPSA) is 66.3 Å². The van der Waals surface area contributed by atoms with E-state index in [1.165, 1.54) is 24.4 Å². The van der Waals surface area contributed by atoms with Crippen LogP contribution >= 0.6 is 0 Å². The highest BCUT2D eigenvalue weighted by Gasteiger charge is 2.45. The van der Waals surface area contributed by atoms with Crippen LogP contribution in [0.5, 0.6) is 0 Å². The maximum atomic E-state index is 13.7. The van der Waals surface area contributed by atoms with E-state index in [1.807, 2.05) is 0 Å². The number of amidine groups is 1. The second-order valence-corrected chi connectivity index (χ2v) is 8.93. The summed E-state index contributed by atoms with van der Waals surface area (Å²) in [6.07, 6.45) is -4.04. The third-order valence-corrected chi connectivity index (χ3v) is 6.43. The molecule has 2 aliphatic heterocycles. The minimum atomic E-state index is -4.47. The van der Waals surface area contributed by atoms with Crippen LogP contribution in [0.25, 0.3) is 11.5 Å². The maximum Gasteiger partial charge on any atom is 0.416 e. The van der Waals surface area contributed by atoms with Gasteiger partial charge in [0.15, 0.2) is 5.82 Å². The smallest absolute Gasteiger partial charge is 0.359 e. The Labute approximate surface area is 214 Å². The van der Waals surface area contributed by atoms with E-state index in [0.29, 0.717) is 47.1 Å². The molecule has 0 radical (unpaired) electrons. The summed E-state index contributed by atoms with van der Waals surface area (Å²) >= 11 is 0. The number of halogens is 6. The van der Waals surface area contributed by atoms with Crippen molar-refractivity contribution in [2.75, 3.05) is 18.4 Å². The largest absolute Gasteiger partial charge is 0.416 e. The molecule has 1 atom stereocenters. The van der Waals surface area contributed by atoms with E-state index in [4.69, 9.17) is 0 Å². The monoisotopic (exact) mass is 532 g/mol. The lowest BCUT2D eigenvalue weighted by Crippen LogP contribution is -2.44. The van der Waals surface area contributed by atoms with Crippen LogP contribution in [-0.4, -0.2) is 45.0 Å². The van der Waals surface area contributed by atoms with Gasteiger partial charge in [-0.15, -0.1) is 0 Å². The van der Waals surface area contributed by atoms with Crippen LogP contribution in [0.1, 0.15) is 23.2 Å². The molecule has 0 aliphatic carbocycles. The van der Waals surface area contributed by atoms with Gasteiger partial charge < -0.3 is 10.2 Å². The molecule has 2 aliphatic rings. The molecule has 0 spiro atoms. The van der Waals surface area contributed by atoms with Gasteiger partial charge >= 0.3 is 12.4 Å². The van der Waals surface area contributed by atoms with Crippen LogP contribution in [0.15, 0.2) is 65.9 Å². The summed E-state index contributed by atoms with van der Waals surface area (Å²) in [7, 11) is 0. The van der Waals surface area contributed by atoms with Crippen molar-refractivity contribution in [3.05, 3.63) is 77.8 Å². The molecule has 1 unspecified atom stereocenters. The highest BCUT2D eigenvalue weighted by atomic mass is 19.4. The van der Waals surface area contributed by atoms with Crippen molar-refractivity contribution < 1.29 is 26.3 Å². The van der Waals surface area contributed by atoms with Crippen LogP contribution in [0, 0.1) is 5.92 Å². The van der Waals surface area contributed by atoms with Gasteiger partial charge in [0.05, 0.1) is 11.3 Å². The molecule has 12 heteroatoms. The Bertz CT molecular complexity index is 1350. The average molecular weight is 532 g/mol. The summed E-state index contributed by atoms with van der Waals surface area (Å²) in [5, 5.41) is 3.09. The van der Waals surface area contributed by atoms with Crippen LogP contribution in [0.3, 0.4) is 0 Å². The molecule has 198 valence electrons. The minimum Gasteiger partial charge on any atom is -0.359 e. The normalized spacial score (nSPS) is 18.0. The third kappa shape index (κ3) is 5.48. The number of nitrogens with zero attached hydrogens (tertiary/aromatic N) is 5. The molecular weight excluding hydrogens is 510 g/mol. The van der Waals surface area contributed by atoms with Gasteiger partial charge in [-0.25, -0.2) is 15.0 Å². The second-order valence-electron chi connectivity index (χ2n) is 8.93. The van der Waals surface area contributed by atoms with E-state index in [-0.39, 0.29) is 25.3 Å². The van der Waals surface area contributed by atoms with Crippen molar-refractivity contribution in [3.8, 4) is 11.5 Å². The number of fused-ring (bicyclic) bond motifs is 1. The van der Waals surface area contributed by atoms with Crippen molar-refractivity contribution >= 4 is 17.3 Å². The molecule has 0 saturated carbocycles. The van der Waals surface area contributed by atoms with Gasteiger partial charge in [0.25, 0.3) is 0 Å². The fraction of sp³-hybridized carbons (Fsp3) is 0.308. The molecule has 1 aromatic carbocycles. The van der Waals surface area contributed by atoms with E-state index in [2.05, 4.69) is 25.3 Å². The molecule has 1 N–H and O–H groups in total. The molecule has 3 aromatic rings. The lowest BCUT2D eigenvalue weighted by molar-refractivity contribution is -0.156. The van der Waals surface area contributed by atoms with Crippen molar-refractivity contribution in [2.24, 2.45) is 10.9 Å². The second kappa shape index (κ2) is 10.1. The molecule has 0 saturated heterocycles. The summed E-state index contributed by atoms with van der Waals surface area (Å²) in [5.74, 6) is -1.04. The summed E-state index contributed by atoms with van der Waals surface area (Å²) in [5.41, 5.74) is 1.41. The van der Waals surface area contributed by atoms with Crippen molar-refractivity contribution in [3.63, 3.8) is 0 Å². The zero-order valence-corrected chi connectivity index (χ0v) is 19.9. The lowest BCUT2D eigenvalue weighted by Gasteiger charge is -2.32. The number of hydrogen-bond donors (Lipinski definition) is 1. The predicted octanol–water partition coefficient (Wildman–Crippen LogP) is 6.20. The Kier molecular flexibility index (Phi) is 6.80. The molecule has 38 heavy (non-hydrogen) atoms. The molecule has 4 heterocycles. The average Bonchev–Trinajstić information content (AvgIpc) is 3.11. The number of rotatable bonds is 3. The lowest BCUT2D eigenvalue weighted by atomic mass is 10.0. The third-order valence-electron chi connectivity index (χ3n) is 6.43. The first-order valence-electron chi connectivity index (χ1n) is 11.9. The van der Waals surface area contributed by atoms with E-state index in [1.54, 1.807) is 29.3 Å². The van der Waals surface area contributed by atoms with Gasteiger partial charge in [0.2, 0.25) is 0 Å². The molecule has 5 rings (SSSR count). The number of alkyl halides is 6. The fourth-order valence-electron chi connectivity index (χ4n) is 4.52. The van der Waals surface area contributed by atoms with Crippen LogP contribution < -0.4 is 5.32 Å². The molecule has 0 bridgehead atoms. The van der Waals surface area contributed by atoms with Crippen molar-refractivity contribution in [1.29, 1.82) is 0 Å². The number of nitrogens with one attached hydrogen (secondary N) is 1. The molecular formula is C26H22F6N6. The standard InChI is InChI=1S/C26H22F6N6/c27-25(28,29)16-6-8-17(9-7-16)35-22-18-10-14-38(24-19(26(30,31)32)4-3-13-34-24)15-11-20(18)36-23(37-22)21-5-1-2-12-33-21/h1-3,5-9,12-13,19H,4,10-11,14-15H2,(H,35,36,37). The Morgan fingerprint density at radius 1 is 0.895 bits per heavy atom. The minimum absolute atomic E-state index is 0.0250. The van der Waals surface area contributed by atoms with Gasteiger partial charge in [0.1, 0.15) is 23.3 Å². The van der Waals surface area contributed by atoms with Crippen molar-refractivity contribution in [1.82, 2.24) is 19.9 Å². The van der Waals surface area contributed by atoms with E-state index in [0.717, 1.165) is 12.1 Å². The van der Waals surface area contributed by atoms with Gasteiger partial charge in [0, 0.05) is 43.2 Å². The van der Waals surface area contributed by atoms with E-state index >= 15 is 0 Å². The Hall–Kier alpha value is -3.96. The summed E-state index contributed by atoms with van der Waals surface area (Å²) < 4.78 is 80.2. The Morgan fingerprint density at radius 3 is 2.34 bits per heavy atom. The van der Waals surface area contributed by atoms with E-state index < -0.39 is 23.8 Å². The molecule has 6 nitrogen and oxygen atoms in total. The van der Waals surface area contributed by atoms with Gasteiger partial charge in [-0.05, 0) is 49.2 Å². The summed E-state index contributed by atoms with van der Waals surface area (Å²) in [6.45, 7) is 0.519. The van der Waals surface area contributed by atoms with Crippen LogP contribution in [0.4, 0.5) is 37.8 Å². The van der Waals surface area contributed by atoms with Crippen molar-refractivity contribution in [2.45, 2.75) is 31.6 Å². The number of allylic oxidation sites excluding steroid dienone is 1. The zero-order valence-electron chi connectivity index (χ0n) is 19.9. The van der Waals surface area contributed by atoms with Crippen LogP contribution in [0.2, 0.25) is 0 Å². The SMILES string of the molecule is FC(F)(F)c1ccc(Nc2nc(-c3ccccn3)nc3c2CCN(C2=NC=CCC2C(F)(F)F)CC3)cc1. The number of aliphatic imine (C=N–C) groups is 1. The number of pyridine rings is 1. The Balaban J connectivity index is 1.49. The number of aromatic nitrogens is 3. The van der Waals surface area contributed by atoms with Gasteiger partial charge in [-0.3, -0.25) is 4.98 Å². The number of anilines is 2. The predicted molar refractivity (Wildman–Crippen MR) is 130 cm³/mol. The highest BCUT2D eigenvalue weighted by Crippen LogP contribution is 2.35. The Morgan fingerprint density at radius 2 is 1.66 bits per heavy atom. The molecule has 0 amide bonds. The fourth-order valence-corrected chi connectivity index (χ4v) is 4.52. The number of benzene rings is 1. The molecule has 2 aromatic heterocycles. The first kappa shape index (κ1) is 25.7. The quantitative estimate of drug-likeness (QED) is 0.407.